The zero-order valence-corrected chi connectivity index (χ0v) is 15.1. The molecule has 1 fully saturated rings. The number of aromatic nitrogens is 1. The van der Waals surface area contributed by atoms with Gasteiger partial charge in [0.2, 0.25) is 0 Å². The van der Waals surface area contributed by atoms with Crippen LogP contribution in [0.5, 0.6) is 0 Å². The predicted octanol–water partition coefficient (Wildman–Crippen LogP) is 4.41. The summed E-state index contributed by atoms with van der Waals surface area (Å²) in [5, 5.41) is 3.00. The normalized spacial score (nSPS) is 15.4. The Morgan fingerprint density at radius 2 is 1.46 bits per heavy atom. The van der Waals surface area contributed by atoms with E-state index in [0.717, 1.165) is 54.7 Å². The van der Waals surface area contributed by atoms with E-state index in [1.54, 1.807) is 23.5 Å². The van der Waals surface area contributed by atoms with Crippen LogP contribution in [0.4, 0.5) is 14.5 Å². The molecular weight excluding hydrogens is 352 g/mol. The van der Waals surface area contributed by atoms with Gasteiger partial charge in [-0.15, -0.1) is 11.3 Å². The molecule has 2 heterocycles. The van der Waals surface area contributed by atoms with Crippen LogP contribution in [0.3, 0.4) is 0 Å². The highest BCUT2D eigenvalue weighted by molar-refractivity contribution is 7.13. The van der Waals surface area contributed by atoms with Crippen LogP contribution in [0.1, 0.15) is 5.69 Å². The van der Waals surface area contributed by atoms with Gasteiger partial charge in [-0.2, -0.15) is 0 Å². The molecule has 1 aliphatic rings. The summed E-state index contributed by atoms with van der Waals surface area (Å²) in [6.45, 7) is 4.54. The monoisotopic (exact) mass is 371 g/mol. The highest BCUT2D eigenvalue weighted by Crippen LogP contribution is 2.25. The van der Waals surface area contributed by atoms with Gasteiger partial charge >= 0.3 is 0 Å². The molecular formula is C20H19F2N3S. The van der Waals surface area contributed by atoms with Crippen LogP contribution in [-0.2, 0) is 6.54 Å². The minimum atomic E-state index is -0.232. The van der Waals surface area contributed by atoms with E-state index in [0.29, 0.717) is 0 Å². The molecule has 0 N–H and O–H groups in total. The SMILES string of the molecule is Fc1ccc(-c2nc(CN3CCN(c4ccc(F)cc4)CC3)cs2)cc1. The Kier molecular flexibility index (Phi) is 4.95. The summed E-state index contributed by atoms with van der Waals surface area (Å²) >= 11 is 1.59. The summed E-state index contributed by atoms with van der Waals surface area (Å²) < 4.78 is 26.1. The predicted molar refractivity (Wildman–Crippen MR) is 101 cm³/mol. The Morgan fingerprint density at radius 3 is 2.12 bits per heavy atom. The first-order valence-electron chi connectivity index (χ1n) is 8.60. The molecule has 26 heavy (non-hydrogen) atoms. The van der Waals surface area contributed by atoms with Gasteiger partial charge in [-0.1, -0.05) is 0 Å². The first kappa shape index (κ1) is 17.1. The van der Waals surface area contributed by atoms with Crippen LogP contribution in [0.25, 0.3) is 10.6 Å². The van der Waals surface area contributed by atoms with Gasteiger partial charge in [-0.05, 0) is 48.5 Å². The third-order valence-electron chi connectivity index (χ3n) is 4.59. The largest absolute Gasteiger partial charge is 0.369 e. The van der Waals surface area contributed by atoms with Gasteiger partial charge in [0.25, 0.3) is 0 Å². The van der Waals surface area contributed by atoms with Crippen molar-refractivity contribution in [2.45, 2.75) is 6.54 Å². The van der Waals surface area contributed by atoms with Crippen molar-refractivity contribution in [3.63, 3.8) is 0 Å². The van der Waals surface area contributed by atoms with E-state index < -0.39 is 0 Å². The van der Waals surface area contributed by atoms with Gasteiger partial charge in [0.1, 0.15) is 16.6 Å². The lowest BCUT2D eigenvalue weighted by Gasteiger charge is -2.35. The van der Waals surface area contributed by atoms with Crippen LogP contribution in [0.15, 0.2) is 53.9 Å². The third-order valence-corrected chi connectivity index (χ3v) is 5.53. The molecule has 0 spiro atoms. The Hall–Kier alpha value is -2.31. The van der Waals surface area contributed by atoms with Gasteiger partial charge in [0, 0.05) is 49.4 Å². The molecule has 0 bridgehead atoms. The van der Waals surface area contributed by atoms with Crippen LogP contribution >= 0.6 is 11.3 Å². The Labute approximate surface area is 155 Å². The number of anilines is 1. The highest BCUT2D eigenvalue weighted by Gasteiger charge is 2.18. The second-order valence-corrected chi connectivity index (χ2v) is 7.25. The van der Waals surface area contributed by atoms with Gasteiger partial charge in [-0.3, -0.25) is 4.90 Å². The molecule has 0 aliphatic carbocycles. The Bertz CT molecular complexity index is 854. The molecule has 3 aromatic rings. The first-order valence-corrected chi connectivity index (χ1v) is 9.48. The van der Waals surface area contributed by atoms with Crippen molar-refractivity contribution in [2.24, 2.45) is 0 Å². The fourth-order valence-corrected chi connectivity index (χ4v) is 3.97. The number of benzene rings is 2. The second-order valence-electron chi connectivity index (χ2n) is 6.39. The van der Waals surface area contributed by atoms with E-state index in [-0.39, 0.29) is 11.6 Å². The average Bonchev–Trinajstić information content (AvgIpc) is 3.12. The van der Waals surface area contributed by atoms with E-state index in [9.17, 15) is 8.78 Å². The van der Waals surface area contributed by atoms with Crippen LogP contribution in [-0.4, -0.2) is 36.1 Å². The number of hydrogen-bond donors (Lipinski definition) is 0. The number of rotatable bonds is 4. The molecule has 1 aliphatic heterocycles. The van der Waals surface area contributed by atoms with E-state index in [2.05, 4.69) is 15.2 Å². The number of halogens is 2. The maximum absolute atomic E-state index is 13.1. The van der Waals surface area contributed by atoms with Crippen molar-refractivity contribution < 1.29 is 8.78 Å². The fraction of sp³-hybridized carbons (Fsp3) is 0.250. The van der Waals surface area contributed by atoms with Crippen molar-refractivity contribution in [1.82, 2.24) is 9.88 Å². The van der Waals surface area contributed by atoms with E-state index in [4.69, 9.17) is 4.98 Å². The first-order chi connectivity index (χ1) is 12.7. The van der Waals surface area contributed by atoms with Gasteiger partial charge in [-0.25, -0.2) is 13.8 Å². The molecule has 6 heteroatoms. The second kappa shape index (κ2) is 7.51. The topological polar surface area (TPSA) is 19.4 Å². The number of hydrogen-bond acceptors (Lipinski definition) is 4. The van der Waals surface area contributed by atoms with Gasteiger partial charge < -0.3 is 4.90 Å². The molecule has 2 aromatic carbocycles. The van der Waals surface area contributed by atoms with Gasteiger partial charge in [0.15, 0.2) is 0 Å². The molecule has 1 saturated heterocycles. The Morgan fingerprint density at radius 1 is 0.846 bits per heavy atom. The van der Waals surface area contributed by atoms with E-state index in [1.807, 2.05) is 12.1 Å². The average molecular weight is 371 g/mol. The molecule has 0 amide bonds. The highest BCUT2D eigenvalue weighted by atomic mass is 32.1. The summed E-state index contributed by atoms with van der Waals surface area (Å²) in [7, 11) is 0. The van der Waals surface area contributed by atoms with Crippen molar-refractivity contribution >= 4 is 17.0 Å². The standard InChI is InChI=1S/C20H19F2N3S/c21-16-3-1-15(2-4-16)20-23-18(14-26-20)13-24-9-11-25(12-10-24)19-7-5-17(22)6-8-19/h1-8,14H,9-13H2. The molecule has 3 nitrogen and oxygen atoms in total. The minimum absolute atomic E-state index is 0.201. The number of thiazole rings is 1. The van der Waals surface area contributed by atoms with Crippen LogP contribution in [0.2, 0.25) is 0 Å². The maximum Gasteiger partial charge on any atom is 0.123 e. The van der Waals surface area contributed by atoms with E-state index in [1.165, 1.54) is 24.3 Å². The summed E-state index contributed by atoms with van der Waals surface area (Å²) in [5.41, 5.74) is 3.06. The number of nitrogens with zero attached hydrogens (tertiary/aromatic N) is 3. The molecule has 0 unspecified atom stereocenters. The van der Waals surface area contributed by atoms with E-state index >= 15 is 0 Å². The zero-order chi connectivity index (χ0) is 17.9. The summed E-state index contributed by atoms with van der Waals surface area (Å²) in [4.78, 5) is 9.35. The van der Waals surface area contributed by atoms with Crippen LogP contribution in [0, 0.1) is 11.6 Å². The molecule has 134 valence electrons. The van der Waals surface area contributed by atoms with Crippen molar-refractivity contribution in [2.75, 3.05) is 31.1 Å². The van der Waals surface area contributed by atoms with Crippen molar-refractivity contribution in [3.8, 4) is 10.6 Å². The summed E-state index contributed by atoms with van der Waals surface area (Å²) in [5.74, 6) is -0.433. The lowest BCUT2D eigenvalue weighted by Crippen LogP contribution is -2.46. The number of piperazine rings is 1. The maximum atomic E-state index is 13.1. The molecule has 1 aromatic heterocycles. The molecule has 0 saturated carbocycles. The minimum Gasteiger partial charge on any atom is -0.369 e. The lowest BCUT2D eigenvalue weighted by molar-refractivity contribution is 0.247. The Balaban J connectivity index is 1.34. The molecule has 4 rings (SSSR count). The van der Waals surface area contributed by atoms with Crippen molar-refractivity contribution in [1.29, 1.82) is 0 Å². The molecule has 0 atom stereocenters. The fourth-order valence-electron chi connectivity index (χ4n) is 3.15. The summed E-state index contributed by atoms with van der Waals surface area (Å²) in [6.07, 6.45) is 0. The quantitative estimate of drug-likeness (QED) is 0.677. The van der Waals surface area contributed by atoms with Gasteiger partial charge in [0.05, 0.1) is 5.69 Å². The third kappa shape index (κ3) is 3.92. The smallest absolute Gasteiger partial charge is 0.123 e. The lowest BCUT2D eigenvalue weighted by atomic mass is 10.2. The summed E-state index contributed by atoms with van der Waals surface area (Å²) in [6, 6.07) is 13.1. The molecule has 0 radical (unpaired) electrons. The van der Waals surface area contributed by atoms with Crippen molar-refractivity contribution in [3.05, 3.63) is 71.2 Å². The zero-order valence-electron chi connectivity index (χ0n) is 14.2. The van der Waals surface area contributed by atoms with Crippen LogP contribution < -0.4 is 4.90 Å².